The number of fused-ring (bicyclic) bond motifs is 1. The Morgan fingerprint density at radius 3 is 2.35 bits per heavy atom. The molecular weight excluding hydrogens is 383 g/mol. The van der Waals surface area contributed by atoms with Gasteiger partial charge in [-0.25, -0.2) is 4.39 Å². The second-order valence-corrected chi connectivity index (χ2v) is 9.44. The molecular formula is C29H35FO. The third kappa shape index (κ3) is 5.29. The quantitative estimate of drug-likeness (QED) is 0.392. The Labute approximate surface area is 187 Å². The molecule has 0 aromatic heterocycles. The Morgan fingerprint density at radius 2 is 1.61 bits per heavy atom. The van der Waals surface area contributed by atoms with Crippen LogP contribution < -0.4 is 4.74 Å². The maximum absolute atomic E-state index is 14.3. The van der Waals surface area contributed by atoms with Gasteiger partial charge in [0.2, 0.25) is 0 Å². The molecule has 2 aliphatic rings. The van der Waals surface area contributed by atoms with Crippen molar-refractivity contribution >= 4 is 0 Å². The van der Waals surface area contributed by atoms with Crippen molar-refractivity contribution in [2.24, 2.45) is 17.8 Å². The van der Waals surface area contributed by atoms with E-state index in [1.807, 2.05) is 6.07 Å². The molecule has 4 atom stereocenters. The molecule has 0 aliphatic heterocycles. The third-order valence-electron chi connectivity index (χ3n) is 7.50. The Hall–Kier alpha value is -2.35. The molecule has 0 heterocycles. The summed E-state index contributed by atoms with van der Waals surface area (Å²) in [6, 6.07) is 14.0. The van der Waals surface area contributed by atoms with E-state index >= 15 is 0 Å². The molecule has 2 saturated carbocycles. The van der Waals surface area contributed by atoms with E-state index in [4.69, 9.17) is 4.74 Å². The van der Waals surface area contributed by atoms with Crippen LogP contribution in [0.1, 0.15) is 62.8 Å². The van der Waals surface area contributed by atoms with Crippen LogP contribution in [0.2, 0.25) is 0 Å². The van der Waals surface area contributed by atoms with E-state index in [2.05, 4.69) is 43.5 Å². The lowest BCUT2D eigenvalue weighted by molar-refractivity contribution is 0.115. The Bertz CT molecular complexity index is 884. The standard InChI is InChI=1S/C29H35FO/c1-3-5-6-21-7-8-26-19-25(14-13-24(26)18-21)22-9-11-23(12-10-22)27-15-16-29(28(30)20-27)31-17-4-2/h3-4,9-12,15-16,20-21,24-26H,1-2,5-8,13-14,17-19H2. The molecule has 2 aliphatic carbocycles. The molecule has 0 N–H and O–H groups in total. The lowest BCUT2D eigenvalue weighted by Crippen LogP contribution is -2.30. The first-order valence-electron chi connectivity index (χ1n) is 11.9. The maximum atomic E-state index is 14.3. The van der Waals surface area contributed by atoms with Crippen LogP contribution in [0, 0.1) is 23.6 Å². The van der Waals surface area contributed by atoms with Crippen LogP contribution in [0.15, 0.2) is 67.8 Å². The van der Waals surface area contributed by atoms with Gasteiger partial charge in [-0.05, 0) is 97.4 Å². The lowest BCUT2D eigenvalue weighted by atomic mass is 9.63. The minimum Gasteiger partial charge on any atom is -0.486 e. The van der Waals surface area contributed by atoms with Crippen LogP contribution in [-0.2, 0) is 0 Å². The van der Waals surface area contributed by atoms with Crippen molar-refractivity contribution < 1.29 is 9.13 Å². The molecule has 164 valence electrons. The van der Waals surface area contributed by atoms with E-state index in [0.29, 0.717) is 12.5 Å². The van der Waals surface area contributed by atoms with Crippen LogP contribution in [0.5, 0.6) is 5.75 Å². The molecule has 0 amide bonds. The molecule has 2 fully saturated rings. The number of hydrogen-bond donors (Lipinski definition) is 0. The Morgan fingerprint density at radius 1 is 0.871 bits per heavy atom. The number of ether oxygens (including phenoxy) is 1. The molecule has 0 spiro atoms. The van der Waals surface area contributed by atoms with Crippen molar-refractivity contribution in [2.75, 3.05) is 6.61 Å². The van der Waals surface area contributed by atoms with E-state index in [-0.39, 0.29) is 11.6 Å². The predicted octanol–water partition coefficient (Wildman–Crippen LogP) is 8.32. The number of benzene rings is 2. The fraction of sp³-hybridized carbons (Fsp3) is 0.448. The van der Waals surface area contributed by atoms with E-state index in [9.17, 15) is 4.39 Å². The fourth-order valence-corrected chi connectivity index (χ4v) is 5.80. The van der Waals surface area contributed by atoms with Crippen LogP contribution in [-0.4, -0.2) is 6.61 Å². The molecule has 2 aromatic carbocycles. The second kappa shape index (κ2) is 10.3. The highest BCUT2D eigenvalue weighted by atomic mass is 19.1. The first kappa shape index (κ1) is 21.9. The van der Waals surface area contributed by atoms with Crippen LogP contribution in [0.4, 0.5) is 4.39 Å². The fourth-order valence-electron chi connectivity index (χ4n) is 5.80. The van der Waals surface area contributed by atoms with Gasteiger partial charge in [-0.2, -0.15) is 0 Å². The van der Waals surface area contributed by atoms with Gasteiger partial charge in [0.25, 0.3) is 0 Å². The van der Waals surface area contributed by atoms with Crippen molar-refractivity contribution in [1.82, 2.24) is 0 Å². The molecule has 1 nitrogen and oxygen atoms in total. The normalized spacial score (nSPS) is 25.5. The molecule has 0 saturated heterocycles. The minimum absolute atomic E-state index is 0.274. The van der Waals surface area contributed by atoms with Crippen molar-refractivity contribution in [3.8, 4) is 16.9 Å². The zero-order valence-corrected chi connectivity index (χ0v) is 18.6. The SMILES string of the molecule is C=CCCC1CCC2CC(c3ccc(-c4ccc(OCC=C)c(F)c4)cc3)CCC2C1. The molecule has 2 heteroatoms. The highest BCUT2D eigenvalue weighted by Gasteiger charge is 2.35. The molecule has 4 unspecified atom stereocenters. The van der Waals surface area contributed by atoms with E-state index < -0.39 is 0 Å². The number of allylic oxidation sites excluding steroid dienone is 1. The van der Waals surface area contributed by atoms with E-state index in [1.165, 1.54) is 56.9 Å². The van der Waals surface area contributed by atoms with Gasteiger partial charge in [-0.3, -0.25) is 0 Å². The third-order valence-corrected chi connectivity index (χ3v) is 7.50. The lowest BCUT2D eigenvalue weighted by Gasteiger charge is -2.42. The Balaban J connectivity index is 1.37. The molecule has 2 aromatic rings. The van der Waals surface area contributed by atoms with Gasteiger partial charge in [0.15, 0.2) is 11.6 Å². The topological polar surface area (TPSA) is 9.23 Å². The highest BCUT2D eigenvalue weighted by molar-refractivity contribution is 5.64. The van der Waals surface area contributed by atoms with Crippen LogP contribution in [0.3, 0.4) is 0 Å². The monoisotopic (exact) mass is 418 g/mol. The minimum atomic E-state index is -0.328. The van der Waals surface area contributed by atoms with Gasteiger partial charge in [0.05, 0.1) is 0 Å². The van der Waals surface area contributed by atoms with Gasteiger partial charge in [-0.15, -0.1) is 6.58 Å². The first-order chi connectivity index (χ1) is 15.2. The van der Waals surface area contributed by atoms with Crippen molar-refractivity contribution in [3.05, 3.63) is 79.2 Å². The summed E-state index contributed by atoms with van der Waals surface area (Å²) in [6.45, 7) is 7.80. The number of hydrogen-bond acceptors (Lipinski definition) is 1. The summed E-state index contributed by atoms with van der Waals surface area (Å²) in [4.78, 5) is 0. The van der Waals surface area contributed by atoms with Crippen LogP contribution >= 0.6 is 0 Å². The summed E-state index contributed by atoms with van der Waals surface area (Å²) in [7, 11) is 0. The summed E-state index contributed by atoms with van der Waals surface area (Å²) >= 11 is 0. The summed E-state index contributed by atoms with van der Waals surface area (Å²) in [6.07, 6.45) is 14.5. The maximum Gasteiger partial charge on any atom is 0.165 e. The van der Waals surface area contributed by atoms with Gasteiger partial charge in [0, 0.05) is 0 Å². The summed E-state index contributed by atoms with van der Waals surface area (Å²) in [5.41, 5.74) is 3.38. The molecule has 31 heavy (non-hydrogen) atoms. The average molecular weight is 419 g/mol. The van der Waals surface area contributed by atoms with Gasteiger partial charge in [0.1, 0.15) is 6.61 Å². The summed E-state index contributed by atoms with van der Waals surface area (Å²) < 4.78 is 19.7. The van der Waals surface area contributed by atoms with E-state index in [0.717, 1.165) is 28.9 Å². The van der Waals surface area contributed by atoms with Gasteiger partial charge >= 0.3 is 0 Å². The highest BCUT2D eigenvalue weighted by Crippen LogP contribution is 2.48. The van der Waals surface area contributed by atoms with Crippen LogP contribution in [0.25, 0.3) is 11.1 Å². The van der Waals surface area contributed by atoms with E-state index in [1.54, 1.807) is 18.2 Å². The van der Waals surface area contributed by atoms with Crippen molar-refractivity contribution in [1.29, 1.82) is 0 Å². The summed E-state index contributed by atoms with van der Waals surface area (Å²) in [5.74, 6) is 3.37. The average Bonchev–Trinajstić information content (AvgIpc) is 2.81. The number of halogens is 1. The molecule has 4 rings (SSSR count). The Kier molecular flexibility index (Phi) is 7.27. The van der Waals surface area contributed by atoms with Crippen molar-refractivity contribution in [2.45, 2.75) is 57.3 Å². The summed E-state index contributed by atoms with van der Waals surface area (Å²) in [5, 5.41) is 0. The zero-order valence-electron chi connectivity index (χ0n) is 18.6. The smallest absolute Gasteiger partial charge is 0.165 e. The predicted molar refractivity (Wildman–Crippen MR) is 128 cm³/mol. The second-order valence-electron chi connectivity index (χ2n) is 9.44. The molecule has 0 bridgehead atoms. The van der Waals surface area contributed by atoms with Crippen molar-refractivity contribution in [3.63, 3.8) is 0 Å². The first-order valence-corrected chi connectivity index (χ1v) is 11.9. The van der Waals surface area contributed by atoms with Gasteiger partial charge in [-0.1, -0.05) is 55.5 Å². The largest absolute Gasteiger partial charge is 0.486 e. The molecule has 0 radical (unpaired) electrons. The van der Waals surface area contributed by atoms with Gasteiger partial charge < -0.3 is 4.74 Å². The zero-order chi connectivity index (χ0) is 21.6. The number of rotatable bonds is 8.